The van der Waals surface area contributed by atoms with Gasteiger partial charge in [0.05, 0.1) is 12.7 Å². The molecule has 3 atom stereocenters. The number of halogens is 1. The van der Waals surface area contributed by atoms with Gasteiger partial charge in [0.2, 0.25) is 0 Å². The molecule has 1 N–H and O–H groups in total. The second-order valence-corrected chi connectivity index (χ2v) is 6.92. The quantitative estimate of drug-likeness (QED) is 0.394. The summed E-state index contributed by atoms with van der Waals surface area (Å²) in [4.78, 5) is 10.4. The third-order valence-corrected chi connectivity index (χ3v) is 4.96. The fourth-order valence-corrected chi connectivity index (χ4v) is 3.44. The lowest BCUT2D eigenvalue weighted by Gasteiger charge is -2.37. The lowest BCUT2D eigenvalue weighted by Crippen LogP contribution is -2.30. The molecule has 0 aliphatic carbocycles. The molecule has 0 bridgehead atoms. The van der Waals surface area contributed by atoms with Gasteiger partial charge in [-0.2, -0.15) is 0 Å². The first-order valence-electron chi connectivity index (χ1n) is 9.08. The van der Waals surface area contributed by atoms with Crippen LogP contribution in [-0.4, -0.2) is 18.0 Å². The van der Waals surface area contributed by atoms with E-state index >= 15 is 0 Å². The van der Waals surface area contributed by atoms with Crippen LogP contribution in [0.25, 0.3) is 0 Å². The minimum atomic E-state index is -0.585. The van der Waals surface area contributed by atoms with E-state index in [4.69, 9.17) is 21.1 Å². The topological polar surface area (TPSA) is 55.8 Å². The van der Waals surface area contributed by atoms with Gasteiger partial charge in [-0.3, -0.25) is 0 Å². The van der Waals surface area contributed by atoms with Crippen LogP contribution in [0.15, 0.2) is 60.7 Å². The summed E-state index contributed by atoms with van der Waals surface area (Å²) in [5.74, 6) is 0.252. The Kier molecular flexibility index (Phi) is 7.04. The highest BCUT2D eigenvalue weighted by Crippen LogP contribution is 2.43. The minimum Gasteiger partial charge on any atom is -0.508 e. The molecular formula is C22H23ClO4. The van der Waals surface area contributed by atoms with Gasteiger partial charge in [-0.05, 0) is 25.0 Å². The van der Waals surface area contributed by atoms with Crippen molar-refractivity contribution in [1.29, 1.82) is 0 Å². The highest BCUT2D eigenvalue weighted by atomic mass is 35.5. The Labute approximate surface area is 164 Å². The molecule has 0 saturated carbocycles. The summed E-state index contributed by atoms with van der Waals surface area (Å²) in [5.41, 5.74) is 1.52. The smallest absolute Gasteiger partial charge is 0.186 e. The van der Waals surface area contributed by atoms with Crippen LogP contribution in [-0.2, 0) is 14.3 Å². The average Bonchev–Trinajstić information content (AvgIpc) is 2.69. The number of carbonyl (C=O) groups excluding carboxylic acids is 1. The largest absolute Gasteiger partial charge is 0.508 e. The van der Waals surface area contributed by atoms with Crippen molar-refractivity contribution in [3.8, 4) is 5.75 Å². The predicted molar refractivity (Wildman–Crippen MR) is 105 cm³/mol. The number of carbonyl (C=O) groups is 1. The van der Waals surface area contributed by atoms with Crippen LogP contribution in [0.5, 0.6) is 5.75 Å². The van der Waals surface area contributed by atoms with E-state index in [1.807, 2.05) is 42.5 Å². The molecule has 4 nitrogen and oxygen atoms in total. The summed E-state index contributed by atoms with van der Waals surface area (Å²) < 4.78 is 12.2. The number of rotatable bonds is 7. The standard InChI is InChI=1S/C22H23ClO4/c23-19-12-6-4-10-17(19)22-26-15-16(9-3-1-2-8-14-24)21(27-22)18-11-5-7-13-20(18)25/h1,3-7,10-14,16,21-22,25H,2,8-9,15H2/b3-1-/t16-,21+,22+/m1/s1. The number of phenolic OH excluding ortho intramolecular Hbond substituents is 1. The number of allylic oxidation sites excluding steroid dienone is 2. The van der Waals surface area contributed by atoms with Gasteiger partial charge in [0.1, 0.15) is 12.0 Å². The van der Waals surface area contributed by atoms with E-state index in [-0.39, 0.29) is 17.8 Å². The Morgan fingerprint density at radius 1 is 1.04 bits per heavy atom. The summed E-state index contributed by atoms with van der Waals surface area (Å²) in [6.45, 7) is 0.479. The number of benzene rings is 2. The summed E-state index contributed by atoms with van der Waals surface area (Å²) in [6.07, 6.45) is 6.02. The van der Waals surface area contributed by atoms with Gasteiger partial charge in [0.15, 0.2) is 6.29 Å². The predicted octanol–water partition coefficient (Wildman–Crippen LogP) is 5.37. The third kappa shape index (κ3) is 4.98. The van der Waals surface area contributed by atoms with E-state index in [0.717, 1.165) is 30.3 Å². The molecule has 3 rings (SSSR count). The van der Waals surface area contributed by atoms with E-state index < -0.39 is 6.29 Å². The maximum Gasteiger partial charge on any atom is 0.186 e. The zero-order valence-corrected chi connectivity index (χ0v) is 15.7. The second-order valence-electron chi connectivity index (χ2n) is 6.51. The Balaban J connectivity index is 1.80. The molecule has 2 aromatic carbocycles. The average molecular weight is 387 g/mol. The molecule has 0 unspecified atom stereocenters. The number of hydrogen-bond acceptors (Lipinski definition) is 4. The summed E-state index contributed by atoms with van der Waals surface area (Å²) in [5, 5.41) is 10.9. The molecule has 0 radical (unpaired) electrons. The van der Waals surface area contributed by atoms with Gasteiger partial charge >= 0.3 is 0 Å². The molecule has 27 heavy (non-hydrogen) atoms. The summed E-state index contributed by atoms with van der Waals surface area (Å²) >= 11 is 6.30. The molecule has 1 aliphatic heterocycles. The number of aromatic hydroxyl groups is 1. The van der Waals surface area contributed by atoms with Crippen LogP contribution in [0.3, 0.4) is 0 Å². The fraction of sp³-hybridized carbons (Fsp3) is 0.318. The van der Waals surface area contributed by atoms with E-state index in [9.17, 15) is 9.90 Å². The fourth-order valence-electron chi connectivity index (χ4n) is 3.21. The highest BCUT2D eigenvalue weighted by Gasteiger charge is 2.35. The van der Waals surface area contributed by atoms with Crippen molar-refractivity contribution in [2.24, 2.45) is 5.92 Å². The Morgan fingerprint density at radius 2 is 1.78 bits per heavy atom. The molecular weight excluding hydrogens is 364 g/mol. The van der Waals surface area contributed by atoms with Crippen LogP contribution in [0, 0.1) is 5.92 Å². The maximum absolute atomic E-state index is 10.4. The highest BCUT2D eigenvalue weighted by molar-refractivity contribution is 6.31. The zero-order valence-electron chi connectivity index (χ0n) is 15.0. The molecule has 0 spiro atoms. The van der Waals surface area contributed by atoms with E-state index in [2.05, 4.69) is 0 Å². The molecule has 142 valence electrons. The maximum atomic E-state index is 10.4. The molecule has 0 aromatic heterocycles. The summed E-state index contributed by atoms with van der Waals surface area (Å²) in [6, 6.07) is 14.7. The molecule has 1 heterocycles. The second kappa shape index (κ2) is 9.70. The van der Waals surface area contributed by atoms with Crippen molar-refractivity contribution >= 4 is 17.9 Å². The van der Waals surface area contributed by atoms with Crippen LogP contribution in [0.2, 0.25) is 5.02 Å². The van der Waals surface area contributed by atoms with Gasteiger partial charge < -0.3 is 19.4 Å². The molecule has 1 saturated heterocycles. The lowest BCUT2D eigenvalue weighted by atomic mass is 9.91. The van der Waals surface area contributed by atoms with Crippen molar-refractivity contribution in [2.45, 2.75) is 31.7 Å². The van der Waals surface area contributed by atoms with E-state index in [1.54, 1.807) is 18.2 Å². The van der Waals surface area contributed by atoms with Crippen molar-refractivity contribution < 1.29 is 19.4 Å². The molecule has 1 aliphatic rings. The number of phenols is 1. The van der Waals surface area contributed by atoms with Crippen molar-refractivity contribution in [3.63, 3.8) is 0 Å². The minimum absolute atomic E-state index is 0.0459. The van der Waals surface area contributed by atoms with Gasteiger partial charge in [-0.1, -0.05) is 60.2 Å². The van der Waals surface area contributed by atoms with Gasteiger partial charge in [-0.15, -0.1) is 0 Å². The number of ether oxygens (including phenoxy) is 2. The molecule has 2 aromatic rings. The van der Waals surface area contributed by atoms with E-state index in [0.29, 0.717) is 18.1 Å². The van der Waals surface area contributed by atoms with Crippen molar-refractivity contribution in [3.05, 3.63) is 76.8 Å². The van der Waals surface area contributed by atoms with Crippen molar-refractivity contribution in [1.82, 2.24) is 0 Å². The van der Waals surface area contributed by atoms with Crippen LogP contribution >= 0.6 is 11.6 Å². The molecule has 1 fully saturated rings. The van der Waals surface area contributed by atoms with Gasteiger partial charge in [-0.25, -0.2) is 0 Å². The van der Waals surface area contributed by atoms with E-state index in [1.165, 1.54) is 0 Å². The van der Waals surface area contributed by atoms with Gasteiger partial charge in [0, 0.05) is 28.5 Å². The first-order valence-corrected chi connectivity index (χ1v) is 9.46. The monoisotopic (exact) mass is 386 g/mol. The first-order chi connectivity index (χ1) is 13.2. The summed E-state index contributed by atoms with van der Waals surface area (Å²) in [7, 11) is 0. The van der Waals surface area contributed by atoms with Crippen molar-refractivity contribution in [2.75, 3.05) is 6.61 Å². The SMILES string of the molecule is O=CCC/C=C\C[C@@H]1CO[C@H](c2ccccc2Cl)O[C@@H]1c1ccccc1O. The normalized spacial score (nSPS) is 22.8. The Morgan fingerprint density at radius 3 is 2.52 bits per heavy atom. The first kappa shape index (κ1) is 19.6. The number of hydrogen-bond donors (Lipinski definition) is 1. The van der Waals surface area contributed by atoms with Gasteiger partial charge in [0.25, 0.3) is 0 Å². The molecule has 0 amide bonds. The van der Waals surface area contributed by atoms with Crippen LogP contribution in [0.4, 0.5) is 0 Å². The number of para-hydroxylation sites is 1. The van der Waals surface area contributed by atoms with Crippen LogP contribution < -0.4 is 0 Å². The lowest BCUT2D eigenvalue weighted by molar-refractivity contribution is -0.244. The Bertz CT molecular complexity index is 789. The number of aldehydes is 1. The molecule has 5 heteroatoms. The Hall–Kier alpha value is -2.14. The third-order valence-electron chi connectivity index (χ3n) is 4.62. The zero-order chi connectivity index (χ0) is 19.1. The van der Waals surface area contributed by atoms with Crippen LogP contribution in [0.1, 0.15) is 42.8 Å². The number of unbranched alkanes of at least 4 members (excludes halogenated alkanes) is 1.